The number of nitrogens with zero attached hydrogens (tertiary/aromatic N) is 3. The van der Waals surface area contributed by atoms with Crippen LogP contribution in [0.15, 0.2) is 18.2 Å². The van der Waals surface area contributed by atoms with Gasteiger partial charge in [-0.1, -0.05) is 6.07 Å². The maximum absolute atomic E-state index is 10.8. The van der Waals surface area contributed by atoms with Crippen LogP contribution >= 0.6 is 0 Å². The lowest BCUT2D eigenvalue weighted by molar-refractivity contribution is -0.136. The molecule has 0 spiro atoms. The van der Waals surface area contributed by atoms with Gasteiger partial charge in [0, 0.05) is 19.0 Å². The van der Waals surface area contributed by atoms with E-state index in [9.17, 15) is 4.79 Å². The first-order valence-corrected chi connectivity index (χ1v) is 7.40. The van der Waals surface area contributed by atoms with E-state index in [0.717, 1.165) is 29.7 Å². The molecule has 0 atom stereocenters. The Bertz CT molecular complexity index is 671. The zero-order valence-electron chi connectivity index (χ0n) is 12.5. The van der Waals surface area contributed by atoms with Gasteiger partial charge in [-0.05, 0) is 44.6 Å². The van der Waals surface area contributed by atoms with Crippen molar-refractivity contribution in [1.29, 1.82) is 0 Å². The lowest BCUT2D eigenvalue weighted by Crippen LogP contribution is -2.19. The number of rotatable bonds is 6. The minimum Gasteiger partial charge on any atom is -0.481 e. The minimum absolute atomic E-state index is 0.0548. The molecule has 5 nitrogen and oxygen atoms in total. The third-order valence-electron chi connectivity index (χ3n) is 3.91. The van der Waals surface area contributed by atoms with Crippen molar-refractivity contribution in [3.63, 3.8) is 0 Å². The first kappa shape index (κ1) is 14.1. The minimum atomic E-state index is -0.802. The Morgan fingerprint density at radius 2 is 2.19 bits per heavy atom. The molecule has 1 fully saturated rings. The molecular weight excluding hydrogens is 266 g/mol. The molecule has 1 aliphatic carbocycles. The smallest absolute Gasteiger partial charge is 0.307 e. The van der Waals surface area contributed by atoms with E-state index in [1.807, 2.05) is 18.2 Å². The summed E-state index contributed by atoms with van der Waals surface area (Å²) in [6, 6.07) is 5.84. The molecule has 1 saturated carbocycles. The van der Waals surface area contributed by atoms with Gasteiger partial charge in [0.2, 0.25) is 0 Å². The fourth-order valence-corrected chi connectivity index (χ4v) is 2.67. The summed E-state index contributed by atoms with van der Waals surface area (Å²) in [5, 5.41) is 8.91. The normalized spacial score (nSPS) is 15.0. The molecule has 0 amide bonds. The molecule has 0 saturated heterocycles. The highest BCUT2D eigenvalue weighted by Gasteiger charge is 2.29. The molecule has 1 aliphatic rings. The monoisotopic (exact) mass is 287 g/mol. The molecule has 5 heteroatoms. The molecular formula is C16H21N3O2. The summed E-state index contributed by atoms with van der Waals surface area (Å²) in [4.78, 5) is 17.8. The van der Waals surface area contributed by atoms with Crippen LogP contribution < -0.4 is 0 Å². The highest BCUT2D eigenvalue weighted by Crippen LogP contribution is 2.40. The lowest BCUT2D eigenvalue weighted by atomic mass is 10.1. The second kappa shape index (κ2) is 5.48. The summed E-state index contributed by atoms with van der Waals surface area (Å²) in [7, 11) is 4.14. The number of imidazole rings is 1. The van der Waals surface area contributed by atoms with Crippen molar-refractivity contribution in [2.75, 3.05) is 20.6 Å². The highest BCUT2D eigenvalue weighted by molar-refractivity contribution is 5.79. The van der Waals surface area contributed by atoms with Gasteiger partial charge in [-0.25, -0.2) is 4.98 Å². The Morgan fingerprint density at radius 3 is 2.81 bits per heavy atom. The summed E-state index contributed by atoms with van der Waals surface area (Å²) in [6.07, 6.45) is 2.49. The Morgan fingerprint density at radius 1 is 1.43 bits per heavy atom. The predicted octanol–water partition coefficient (Wildman–Crippen LogP) is 2.10. The third kappa shape index (κ3) is 3.08. The van der Waals surface area contributed by atoms with Crippen LogP contribution in [0, 0.1) is 0 Å². The molecule has 0 radical (unpaired) electrons. The molecule has 1 aromatic heterocycles. The first-order valence-electron chi connectivity index (χ1n) is 7.40. The van der Waals surface area contributed by atoms with Gasteiger partial charge in [-0.15, -0.1) is 0 Å². The second-order valence-corrected chi connectivity index (χ2v) is 6.09. The quantitative estimate of drug-likeness (QED) is 0.884. The molecule has 1 aromatic carbocycles. The number of carbonyl (C=O) groups is 1. The van der Waals surface area contributed by atoms with Crippen molar-refractivity contribution >= 4 is 17.0 Å². The van der Waals surface area contributed by atoms with Gasteiger partial charge >= 0.3 is 5.97 Å². The average Bonchev–Trinajstić information content (AvgIpc) is 3.18. The highest BCUT2D eigenvalue weighted by atomic mass is 16.4. The number of carboxylic acids is 1. The number of aliphatic carboxylic acids is 1. The number of aromatic nitrogens is 2. The third-order valence-corrected chi connectivity index (χ3v) is 3.91. The Kier molecular flexibility index (Phi) is 3.68. The average molecular weight is 287 g/mol. The van der Waals surface area contributed by atoms with Gasteiger partial charge in [0.25, 0.3) is 0 Å². The van der Waals surface area contributed by atoms with E-state index in [1.54, 1.807) is 0 Å². The summed E-state index contributed by atoms with van der Waals surface area (Å²) in [6.45, 7) is 1.90. The van der Waals surface area contributed by atoms with Crippen LogP contribution in [-0.4, -0.2) is 46.2 Å². The van der Waals surface area contributed by atoms with Gasteiger partial charge in [-0.3, -0.25) is 4.79 Å². The Balaban J connectivity index is 1.98. The Labute approximate surface area is 124 Å². The molecule has 1 N–H and O–H groups in total. The molecule has 3 rings (SSSR count). The standard InChI is InChI=1S/C16H21N3O2/c1-18(2)7-8-19-14-6-3-11(10-15(20)21)9-13(14)17-16(19)12-4-5-12/h3,6,9,12H,4-5,7-8,10H2,1-2H3,(H,20,21). The summed E-state index contributed by atoms with van der Waals surface area (Å²) in [5.74, 6) is 0.950. The van der Waals surface area contributed by atoms with Crippen LogP contribution in [0.1, 0.15) is 30.1 Å². The van der Waals surface area contributed by atoms with E-state index in [0.29, 0.717) is 5.92 Å². The zero-order chi connectivity index (χ0) is 15.0. The fraction of sp³-hybridized carbons (Fsp3) is 0.500. The van der Waals surface area contributed by atoms with Crippen LogP contribution in [0.4, 0.5) is 0 Å². The second-order valence-electron chi connectivity index (χ2n) is 6.09. The number of hydrogen-bond acceptors (Lipinski definition) is 3. The van der Waals surface area contributed by atoms with E-state index >= 15 is 0 Å². The lowest BCUT2D eigenvalue weighted by Gasteiger charge is -2.13. The largest absolute Gasteiger partial charge is 0.481 e. The first-order chi connectivity index (χ1) is 10.0. The van der Waals surface area contributed by atoms with Crippen molar-refractivity contribution < 1.29 is 9.90 Å². The summed E-state index contributed by atoms with van der Waals surface area (Å²) in [5.41, 5.74) is 2.86. The number of fused-ring (bicyclic) bond motifs is 1. The molecule has 112 valence electrons. The molecule has 21 heavy (non-hydrogen) atoms. The van der Waals surface area contributed by atoms with E-state index in [4.69, 9.17) is 10.1 Å². The van der Waals surface area contributed by atoms with E-state index in [-0.39, 0.29) is 6.42 Å². The van der Waals surface area contributed by atoms with Crippen LogP contribution in [-0.2, 0) is 17.8 Å². The van der Waals surface area contributed by atoms with Crippen LogP contribution in [0.5, 0.6) is 0 Å². The van der Waals surface area contributed by atoms with Gasteiger partial charge in [0.05, 0.1) is 17.5 Å². The van der Waals surface area contributed by atoms with Crippen molar-refractivity contribution in [2.45, 2.75) is 31.7 Å². The number of benzene rings is 1. The summed E-state index contributed by atoms with van der Waals surface area (Å²) < 4.78 is 2.30. The van der Waals surface area contributed by atoms with Gasteiger partial charge in [0.1, 0.15) is 5.82 Å². The number of likely N-dealkylation sites (N-methyl/N-ethyl adjacent to an activating group) is 1. The SMILES string of the molecule is CN(C)CCn1c(C2CC2)nc2cc(CC(=O)O)ccc21. The van der Waals surface area contributed by atoms with E-state index in [2.05, 4.69) is 23.6 Å². The maximum Gasteiger partial charge on any atom is 0.307 e. The zero-order valence-corrected chi connectivity index (χ0v) is 12.5. The fourth-order valence-electron chi connectivity index (χ4n) is 2.67. The van der Waals surface area contributed by atoms with Gasteiger partial charge in [-0.2, -0.15) is 0 Å². The number of carboxylic acid groups (broad SMARTS) is 1. The van der Waals surface area contributed by atoms with Crippen LogP contribution in [0.25, 0.3) is 11.0 Å². The van der Waals surface area contributed by atoms with Crippen molar-refractivity contribution in [3.8, 4) is 0 Å². The van der Waals surface area contributed by atoms with Crippen molar-refractivity contribution in [3.05, 3.63) is 29.6 Å². The van der Waals surface area contributed by atoms with Crippen molar-refractivity contribution in [2.24, 2.45) is 0 Å². The Hall–Kier alpha value is -1.88. The molecule has 1 heterocycles. The number of hydrogen-bond donors (Lipinski definition) is 1. The molecule has 0 aliphatic heterocycles. The topological polar surface area (TPSA) is 58.4 Å². The van der Waals surface area contributed by atoms with Crippen molar-refractivity contribution in [1.82, 2.24) is 14.5 Å². The predicted molar refractivity (Wildman–Crippen MR) is 81.6 cm³/mol. The van der Waals surface area contributed by atoms with Crippen LogP contribution in [0.2, 0.25) is 0 Å². The van der Waals surface area contributed by atoms with Gasteiger partial charge in [0.15, 0.2) is 0 Å². The molecule has 0 bridgehead atoms. The molecule has 0 unspecified atom stereocenters. The summed E-state index contributed by atoms with van der Waals surface area (Å²) >= 11 is 0. The van der Waals surface area contributed by atoms with Crippen LogP contribution in [0.3, 0.4) is 0 Å². The maximum atomic E-state index is 10.8. The van der Waals surface area contributed by atoms with Gasteiger partial charge < -0.3 is 14.6 Å². The van der Waals surface area contributed by atoms with E-state index < -0.39 is 5.97 Å². The molecule has 2 aromatic rings. The van der Waals surface area contributed by atoms with E-state index in [1.165, 1.54) is 18.7 Å².